The van der Waals surface area contributed by atoms with E-state index in [-0.39, 0.29) is 5.78 Å². The van der Waals surface area contributed by atoms with Crippen LogP contribution in [0.3, 0.4) is 0 Å². The predicted molar refractivity (Wildman–Crippen MR) is 74.7 cm³/mol. The summed E-state index contributed by atoms with van der Waals surface area (Å²) in [5.41, 5.74) is 1.64. The average molecular weight is 274 g/mol. The third kappa shape index (κ3) is 3.29. The molecule has 2 rings (SSSR count). The number of carbonyl (C=O) groups excluding carboxylic acids is 2. The molecule has 2 aromatic rings. The molecule has 0 bridgehead atoms. The van der Waals surface area contributed by atoms with E-state index in [9.17, 15) is 9.59 Å². The van der Waals surface area contributed by atoms with Gasteiger partial charge in [0.15, 0.2) is 6.10 Å². The molecule has 0 unspecified atom stereocenters. The lowest BCUT2D eigenvalue weighted by molar-refractivity contribution is 0.0323. The van der Waals surface area contributed by atoms with Gasteiger partial charge in [-0.2, -0.15) is 0 Å². The predicted octanol–water partition coefficient (Wildman–Crippen LogP) is 3.48. The van der Waals surface area contributed by atoms with Gasteiger partial charge in [0.05, 0.1) is 0 Å². The van der Waals surface area contributed by atoms with Gasteiger partial charge in [-0.15, -0.1) is 11.3 Å². The lowest BCUT2D eigenvalue weighted by atomic mass is 10.1. The minimum absolute atomic E-state index is 0.190. The number of esters is 1. The first-order valence-corrected chi connectivity index (χ1v) is 6.81. The molecule has 1 aromatic heterocycles. The molecule has 0 spiro atoms. The second-order valence-corrected chi connectivity index (χ2v) is 5.20. The van der Waals surface area contributed by atoms with E-state index in [0.29, 0.717) is 10.4 Å². The minimum Gasteiger partial charge on any atom is -0.450 e. The van der Waals surface area contributed by atoms with Gasteiger partial charge in [-0.05, 0) is 25.3 Å². The molecular weight excluding hydrogens is 260 g/mol. The zero-order valence-corrected chi connectivity index (χ0v) is 11.6. The van der Waals surface area contributed by atoms with Crippen LogP contribution in [0.25, 0.3) is 0 Å². The van der Waals surface area contributed by atoms with Crippen LogP contribution in [0, 0.1) is 6.92 Å². The van der Waals surface area contributed by atoms with Crippen molar-refractivity contribution in [2.24, 2.45) is 0 Å². The van der Waals surface area contributed by atoms with E-state index in [2.05, 4.69) is 0 Å². The Bertz CT molecular complexity index is 570. The summed E-state index contributed by atoms with van der Waals surface area (Å²) < 4.78 is 5.16. The van der Waals surface area contributed by atoms with Gasteiger partial charge in [0.25, 0.3) is 0 Å². The lowest BCUT2D eigenvalue weighted by Gasteiger charge is -2.11. The maximum atomic E-state index is 12.1. The maximum absolute atomic E-state index is 12.1. The van der Waals surface area contributed by atoms with Crippen LogP contribution in [-0.2, 0) is 4.74 Å². The second kappa shape index (κ2) is 5.80. The Morgan fingerprint density at radius 2 is 1.84 bits per heavy atom. The Kier molecular flexibility index (Phi) is 4.12. The normalized spacial score (nSPS) is 11.9. The molecule has 0 aliphatic carbocycles. The zero-order chi connectivity index (χ0) is 13.8. The van der Waals surface area contributed by atoms with Gasteiger partial charge in [0, 0.05) is 5.56 Å². The summed E-state index contributed by atoms with van der Waals surface area (Å²) in [4.78, 5) is 24.3. The molecule has 0 aliphatic rings. The van der Waals surface area contributed by atoms with Crippen LogP contribution in [0.2, 0.25) is 0 Å². The molecule has 98 valence electrons. The lowest BCUT2D eigenvalue weighted by Crippen LogP contribution is -2.24. The third-order valence-electron chi connectivity index (χ3n) is 2.71. The number of ether oxygens (including phenoxy) is 1. The number of thiophene rings is 1. The molecule has 3 nitrogen and oxygen atoms in total. The van der Waals surface area contributed by atoms with Crippen molar-refractivity contribution in [2.75, 3.05) is 0 Å². The number of ketones is 1. The first-order chi connectivity index (χ1) is 9.08. The van der Waals surface area contributed by atoms with E-state index >= 15 is 0 Å². The van der Waals surface area contributed by atoms with Crippen molar-refractivity contribution in [1.82, 2.24) is 0 Å². The van der Waals surface area contributed by atoms with Crippen molar-refractivity contribution in [3.8, 4) is 0 Å². The number of hydrogen-bond donors (Lipinski definition) is 0. The van der Waals surface area contributed by atoms with Crippen molar-refractivity contribution >= 4 is 23.1 Å². The molecule has 0 radical (unpaired) electrons. The number of benzene rings is 1. The smallest absolute Gasteiger partial charge is 0.349 e. The Hall–Kier alpha value is -1.94. The zero-order valence-electron chi connectivity index (χ0n) is 10.8. The summed E-state index contributed by atoms with van der Waals surface area (Å²) in [6, 6.07) is 10.7. The Labute approximate surface area is 115 Å². The van der Waals surface area contributed by atoms with Gasteiger partial charge in [0.2, 0.25) is 5.78 Å². The first kappa shape index (κ1) is 13.5. The van der Waals surface area contributed by atoms with Crippen LogP contribution in [0.15, 0.2) is 41.8 Å². The average Bonchev–Trinajstić information content (AvgIpc) is 2.92. The molecule has 0 aliphatic heterocycles. The van der Waals surface area contributed by atoms with Crippen LogP contribution in [0.5, 0.6) is 0 Å². The number of carbonyl (C=O) groups is 2. The second-order valence-electron chi connectivity index (χ2n) is 4.26. The minimum atomic E-state index is -0.780. The molecule has 0 fully saturated rings. The Morgan fingerprint density at radius 1 is 1.16 bits per heavy atom. The highest BCUT2D eigenvalue weighted by atomic mass is 32.1. The highest BCUT2D eigenvalue weighted by Crippen LogP contribution is 2.13. The first-order valence-electron chi connectivity index (χ1n) is 5.93. The van der Waals surface area contributed by atoms with Crippen LogP contribution >= 0.6 is 11.3 Å². The van der Waals surface area contributed by atoms with Crippen LogP contribution in [0.1, 0.15) is 32.5 Å². The molecule has 4 heteroatoms. The van der Waals surface area contributed by atoms with Crippen molar-refractivity contribution < 1.29 is 14.3 Å². The van der Waals surface area contributed by atoms with E-state index in [0.717, 1.165) is 5.56 Å². The summed E-state index contributed by atoms with van der Waals surface area (Å²) in [7, 11) is 0. The largest absolute Gasteiger partial charge is 0.450 e. The Morgan fingerprint density at radius 3 is 2.42 bits per heavy atom. The maximum Gasteiger partial charge on any atom is 0.349 e. The van der Waals surface area contributed by atoms with Gasteiger partial charge >= 0.3 is 5.97 Å². The summed E-state index contributed by atoms with van der Waals surface area (Å²) in [5, 5.41) is 1.79. The third-order valence-corrected chi connectivity index (χ3v) is 3.56. The summed E-state index contributed by atoms with van der Waals surface area (Å²) in [6.07, 6.45) is -0.780. The van der Waals surface area contributed by atoms with E-state index in [1.165, 1.54) is 11.3 Å². The van der Waals surface area contributed by atoms with Crippen LogP contribution in [0.4, 0.5) is 0 Å². The number of hydrogen-bond acceptors (Lipinski definition) is 4. The standard InChI is InChI=1S/C15H14O3S/c1-10-5-7-12(8-6-10)14(16)11(2)18-15(17)13-4-3-9-19-13/h3-9,11H,1-2H3/t11-/m0/s1. The molecule has 0 saturated carbocycles. The van der Waals surface area contributed by atoms with Crippen LogP contribution < -0.4 is 0 Å². The molecule has 0 N–H and O–H groups in total. The van der Waals surface area contributed by atoms with Crippen LogP contribution in [-0.4, -0.2) is 17.9 Å². The summed E-state index contributed by atoms with van der Waals surface area (Å²) in [6.45, 7) is 3.54. The van der Waals surface area contributed by atoms with Gasteiger partial charge < -0.3 is 4.74 Å². The highest BCUT2D eigenvalue weighted by molar-refractivity contribution is 7.11. The van der Waals surface area contributed by atoms with Crippen molar-refractivity contribution in [1.29, 1.82) is 0 Å². The fourth-order valence-corrected chi connectivity index (χ4v) is 2.22. The topological polar surface area (TPSA) is 43.4 Å². The molecule has 1 atom stereocenters. The van der Waals surface area contributed by atoms with Gasteiger partial charge in [-0.25, -0.2) is 4.79 Å². The molecule has 19 heavy (non-hydrogen) atoms. The molecule has 1 heterocycles. The van der Waals surface area contributed by atoms with E-state index in [1.54, 1.807) is 36.6 Å². The fourth-order valence-electron chi connectivity index (χ4n) is 1.62. The summed E-state index contributed by atoms with van der Waals surface area (Å²) in [5.74, 6) is -0.645. The van der Waals surface area contributed by atoms with Gasteiger partial charge in [0.1, 0.15) is 4.88 Å². The quantitative estimate of drug-likeness (QED) is 0.633. The van der Waals surface area contributed by atoms with Gasteiger partial charge in [-0.3, -0.25) is 4.79 Å². The van der Waals surface area contributed by atoms with E-state index < -0.39 is 12.1 Å². The number of Topliss-reactive ketones (excluding diaryl/α,β-unsaturated/α-hetero) is 1. The van der Waals surface area contributed by atoms with Crippen molar-refractivity contribution in [3.63, 3.8) is 0 Å². The molecule has 0 amide bonds. The van der Waals surface area contributed by atoms with E-state index in [1.807, 2.05) is 19.1 Å². The number of rotatable bonds is 4. The van der Waals surface area contributed by atoms with Gasteiger partial charge in [-0.1, -0.05) is 35.9 Å². The summed E-state index contributed by atoms with van der Waals surface area (Å²) >= 11 is 1.30. The monoisotopic (exact) mass is 274 g/mol. The molecule has 1 aromatic carbocycles. The SMILES string of the molecule is Cc1ccc(C(=O)[C@H](C)OC(=O)c2cccs2)cc1. The van der Waals surface area contributed by atoms with Crippen molar-refractivity contribution in [2.45, 2.75) is 20.0 Å². The highest BCUT2D eigenvalue weighted by Gasteiger charge is 2.20. The van der Waals surface area contributed by atoms with E-state index in [4.69, 9.17) is 4.74 Å². The Balaban J connectivity index is 2.03. The fraction of sp³-hybridized carbons (Fsp3) is 0.200. The number of aryl methyl sites for hydroxylation is 1. The molecule has 0 saturated heterocycles. The molecular formula is C15H14O3S. The van der Waals surface area contributed by atoms with Crippen molar-refractivity contribution in [3.05, 3.63) is 57.8 Å².